The molecule has 0 aromatic carbocycles. The first kappa shape index (κ1) is 25.4. The van der Waals surface area contributed by atoms with Crippen LogP contribution in [0, 0.1) is 0 Å². The van der Waals surface area contributed by atoms with Gasteiger partial charge in [-0.2, -0.15) is 0 Å². The summed E-state index contributed by atoms with van der Waals surface area (Å²) in [6.45, 7) is 1.42. The lowest BCUT2D eigenvalue weighted by Crippen LogP contribution is -2.02. The van der Waals surface area contributed by atoms with E-state index in [4.69, 9.17) is 49.2 Å². The van der Waals surface area contributed by atoms with E-state index in [9.17, 15) is 4.79 Å². The van der Waals surface area contributed by atoms with Crippen molar-refractivity contribution in [1.82, 2.24) is 0 Å². The molecule has 0 aromatic rings. The van der Waals surface area contributed by atoms with Crippen molar-refractivity contribution in [2.45, 2.75) is 0 Å². The van der Waals surface area contributed by atoms with Gasteiger partial charge in [-0.05, 0) is 0 Å². The molecule has 0 amide bonds. The molecule has 108 valence electrons. The van der Waals surface area contributed by atoms with Gasteiger partial charge in [-0.25, -0.2) is 0 Å². The van der Waals surface area contributed by atoms with Crippen LogP contribution in [0.2, 0.25) is 0 Å². The van der Waals surface area contributed by atoms with Crippen molar-refractivity contribution in [2.24, 2.45) is 17.2 Å². The minimum atomic E-state index is -0.980. The Bertz CT molecular complexity index is 106. The quantitative estimate of drug-likeness (QED) is 0.268. The van der Waals surface area contributed by atoms with E-state index in [2.05, 4.69) is 0 Å². The first-order valence-corrected chi connectivity index (χ1v) is 5.26. The lowest BCUT2D eigenvalue weighted by Gasteiger charge is -1.71. The predicted molar refractivity (Wildman–Crippen MR) is 66.8 cm³/mol. The molecule has 0 saturated carbocycles. The molecule has 0 aliphatic carbocycles. The highest BCUT2D eigenvalue weighted by Gasteiger charge is 1.83. The van der Waals surface area contributed by atoms with Gasteiger partial charge in [0, 0.05) is 19.6 Å². The number of aliphatic hydroxyl groups is 3. The van der Waals surface area contributed by atoms with Crippen LogP contribution in [0.1, 0.15) is 0 Å². The van der Waals surface area contributed by atoms with Crippen molar-refractivity contribution >= 4 is 17.6 Å². The molecule has 0 radical (unpaired) electrons. The molecule has 0 spiro atoms. The molecule has 9 heteroatoms. The average molecular weight is 278 g/mol. The van der Waals surface area contributed by atoms with Crippen molar-refractivity contribution in [3.8, 4) is 0 Å². The van der Waals surface area contributed by atoms with Crippen LogP contribution in [0.15, 0.2) is 0 Å². The molecule has 0 aromatic heterocycles. The number of hydrogen-bond acceptors (Lipinski definition) is 7. The van der Waals surface area contributed by atoms with Crippen LogP contribution < -0.4 is 17.2 Å². The van der Waals surface area contributed by atoms with Crippen LogP contribution in [0.4, 0.5) is 0 Å². The Morgan fingerprint density at radius 1 is 0.882 bits per heavy atom. The predicted octanol–water partition coefficient (Wildman–Crippen LogP) is -2.88. The Kier molecular flexibility index (Phi) is 53.9. The Balaban J connectivity index is -0.0000000667. The van der Waals surface area contributed by atoms with Gasteiger partial charge in [0.05, 0.1) is 19.8 Å². The smallest absolute Gasteiger partial charge is 0.318 e. The number of halogens is 1. The Morgan fingerprint density at radius 3 is 1.00 bits per heavy atom. The highest BCUT2D eigenvalue weighted by atomic mass is 35.5. The highest BCUT2D eigenvalue weighted by Crippen LogP contribution is 1.67. The van der Waals surface area contributed by atoms with Crippen LogP contribution in [0.3, 0.4) is 0 Å². The summed E-state index contributed by atoms with van der Waals surface area (Å²) in [5.41, 5.74) is 14.3. The van der Waals surface area contributed by atoms with E-state index in [-0.39, 0.29) is 25.7 Å². The Labute approximate surface area is 106 Å². The number of carbonyl (C=O) groups is 1. The fourth-order valence-corrected chi connectivity index (χ4v) is 0. The molecule has 0 bridgehead atoms. The van der Waals surface area contributed by atoms with Gasteiger partial charge in [0.2, 0.25) is 0 Å². The molecule has 0 saturated heterocycles. The summed E-state index contributed by atoms with van der Waals surface area (Å²) in [7, 11) is 0. The second-order valence-corrected chi connectivity index (χ2v) is 2.33. The van der Waals surface area contributed by atoms with Gasteiger partial charge in [-0.15, -0.1) is 11.6 Å². The Morgan fingerprint density at radius 2 is 1.00 bits per heavy atom. The maximum absolute atomic E-state index is 9.24. The molecule has 0 heterocycles. The van der Waals surface area contributed by atoms with Crippen molar-refractivity contribution in [2.75, 3.05) is 45.3 Å². The van der Waals surface area contributed by atoms with Crippen molar-refractivity contribution in [3.05, 3.63) is 0 Å². The third kappa shape index (κ3) is 139. The zero-order chi connectivity index (χ0) is 14.5. The van der Waals surface area contributed by atoms with Crippen molar-refractivity contribution < 1.29 is 25.2 Å². The minimum Gasteiger partial charge on any atom is -0.480 e. The highest BCUT2D eigenvalue weighted by molar-refractivity contribution is 6.26. The summed E-state index contributed by atoms with van der Waals surface area (Å²) >= 11 is 4.74. The van der Waals surface area contributed by atoms with Crippen LogP contribution in [0.25, 0.3) is 0 Å². The monoisotopic (exact) mass is 277 g/mol. The van der Waals surface area contributed by atoms with Gasteiger partial charge < -0.3 is 37.6 Å². The van der Waals surface area contributed by atoms with Crippen molar-refractivity contribution in [3.63, 3.8) is 0 Å². The summed E-state index contributed by atoms with van der Waals surface area (Å²) in [6, 6.07) is 0. The summed E-state index contributed by atoms with van der Waals surface area (Å²) in [5.74, 6) is -1.29. The van der Waals surface area contributed by atoms with Crippen LogP contribution in [-0.4, -0.2) is 71.7 Å². The molecule has 17 heavy (non-hydrogen) atoms. The van der Waals surface area contributed by atoms with Gasteiger partial charge in [0.15, 0.2) is 0 Å². The molecule has 8 nitrogen and oxygen atoms in total. The molecule has 0 aliphatic heterocycles. The zero-order valence-corrected chi connectivity index (χ0v) is 10.5. The molecule has 0 fully saturated rings. The van der Waals surface area contributed by atoms with E-state index in [1.807, 2.05) is 0 Å². The summed E-state index contributed by atoms with van der Waals surface area (Å²) in [5, 5.41) is 30.8. The summed E-state index contributed by atoms with van der Waals surface area (Å²) in [6.07, 6.45) is 0. The molecule has 0 unspecified atom stereocenters. The van der Waals surface area contributed by atoms with E-state index < -0.39 is 5.97 Å². The number of carboxylic acid groups (broad SMARTS) is 1. The summed E-state index contributed by atoms with van der Waals surface area (Å²) in [4.78, 5) is 9.24. The molecular formula is C8H24ClN3O5. The maximum Gasteiger partial charge on any atom is 0.318 e. The lowest BCUT2D eigenvalue weighted by molar-refractivity contribution is -0.134. The van der Waals surface area contributed by atoms with Gasteiger partial charge in [0.1, 0.15) is 5.88 Å². The third-order valence-electron chi connectivity index (χ3n) is 0.502. The number of nitrogens with two attached hydrogens (primary N) is 3. The lowest BCUT2D eigenvalue weighted by atomic mass is 10.8. The molecule has 0 aliphatic rings. The van der Waals surface area contributed by atoms with Crippen LogP contribution in [-0.2, 0) is 4.79 Å². The largest absolute Gasteiger partial charge is 0.480 e. The molecule has 0 rings (SSSR count). The number of carboxylic acids is 1. The molecule has 0 atom stereocenters. The number of rotatable bonds is 4. The standard InChI is InChI=1S/C2H3ClO2.3C2H7NO/c3-1-2(4)5;3*3-1-2-4/h1H2,(H,4,5);3*4H,1-3H2. The average Bonchev–Trinajstić information content (AvgIpc) is 2.39. The van der Waals surface area contributed by atoms with E-state index in [1.54, 1.807) is 0 Å². The number of aliphatic carboxylic acids is 1. The SMILES string of the molecule is NCCO.NCCO.NCCO.O=C(O)CCl. The first-order chi connectivity index (χ1) is 8.01. The van der Waals surface area contributed by atoms with Gasteiger partial charge >= 0.3 is 5.97 Å². The fraction of sp³-hybridized carbons (Fsp3) is 0.875. The number of alkyl halides is 1. The second kappa shape index (κ2) is 36.1. The van der Waals surface area contributed by atoms with Crippen molar-refractivity contribution in [1.29, 1.82) is 0 Å². The van der Waals surface area contributed by atoms with Gasteiger partial charge in [0.25, 0.3) is 0 Å². The van der Waals surface area contributed by atoms with E-state index in [1.165, 1.54) is 0 Å². The molecule has 10 N–H and O–H groups in total. The maximum atomic E-state index is 9.24. The van der Waals surface area contributed by atoms with E-state index >= 15 is 0 Å². The normalized spacial score (nSPS) is 7.47. The third-order valence-corrected chi connectivity index (χ3v) is 0.730. The van der Waals surface area contributed by atoms with Crippen LogP contribution >= 0.6 is 11.6 Å². The second-order valence-electron chi connectivity index (χ2n) is 2.06. The van der Waals surface area contributed by atoms with Crippen LogP contribution in [0.5, 0.6) is 0 Å². The number of aliphatic hydroxyl groups excluding tert-OH is 3. The summed E-state index contributed by atoms with van der Waals surface area (Å²) < 4.78 is 0. The zero-order valence-electron chi connectivity index (χ0n) is 9.76. The van der Waals surface area contributed by atoms with E-state index in [0.29, 0.717) is 19.6 Å². The minimum absolute atomic E-state index is 0.0972. The number of hydrogen-bond donors (Lipinski definition) is 7. The molecular weight excluding hydrogens is 254 g/mol. The van der Waals surface area contributed by atoms with Gasteiger partial charge in [-0.1, -0.05) is 0 Å². The fourth-order valence-electron chi connectivity index (χ4n) is 0. The Hall–Kier alpha value is -0.480. The van der Waals surface area contributed by atoms with E-state index in [0.717, 1.165) is 0 Å². The first-order valence-electron chi connectivity index (χ1n) is 4.72. The van der Waals surface area contributed by atoms with Gasteiger partial charge in [-0.3, -0.25) is 4.79 Å². The topological polar surface area (TPSA) is 176 Å².